The van der Waals surface area contributed by atoms with Crippen LogP contribution >= 0.6 is 0 Å². The third-order valence-electron chi connectivity index (χ3n) is 3.81. The topological polar surface area (TPSA) is 96.3 Å². The average molecular weight is 343 g/mol. The molecule has 0 saturated carbocycles. The first-order valence-corrected chi connectivity index (χ1v) is 7.96. The molecule has 8 nitrogen and oxygen atoms in total. The molecular formula is C17H17N3O5. The van der Waals surface area contributed by atoms with Gasteiger partial charge in [0.2, 0.25) is 5.91 Å². The summed E-state index contributed by atoms with van der Waals surface area (Å²) in [5.74, 6) is -2.29. The van der Waals surface area contributed by atoms with Crippen LogP contribution in [0.5, 0.6) is 0 Å². The van der Waals surface area contributed by atoms with E-state index in [0.717, 1.165) is 0 Å². The number of hydrogen-bond donors (Lipinski definition) is 0. The number of imide groups is 1. The lowest BCUT2D eigenvalue weighted by atomic mass is 10.1. The van der Waals surface area contributed by atoms with Crippen LogP contribution in [0.1, 0.15) is 47.4 Å². The molecule has 0 unspecified atom stereocenters. The van der Waals surface area contributed by atoms with Crippen LogP contribution in [-0.2, 0) is 14.4 Å². The molecule has 0 aromatic heterocycles. The van der Waals surface area contributed by atoms with Gasteiger partial charge in [0.25, 0.3) is 11.8 Å². The van der Waals surface area contributed by atoms with E-state index in [2.05, 4.69) is 5.10 Å². The van der Waals surface area contributed by atoms with Gasteiger partial charge in [0.05, 0.1) is 11.1 Å². The third kappa shape index (κ3) is 3.15. The van der Waals surface area contributed by atoms with Gasteiger partial charge in [-0.3, -0.25) is 14.4 Å². The van der Waals surface area contributed by atoms with E-state index in [-0.39, 0.29) is 41.5 Å². The van der Waals surface area contributed by atoms with Gasteiger partial charge in [0.1, 0.15) is 5.71 Å². The predicted molar refractivity (Wildman–Crippen MR) is 86.3 cm³/mol. The molecule has 0 fully saturated rings. The van der Waals surface area contributed by atoms with Crippen molar-refractivity contribution in [1.29, 1.82) is 0 Å². The molecule has 2 heterocycles. The normalized spacial score (nSPS) is 17.1. The number of carbonyl (C=O) groups is 4. The molecule has 2 aliphatic heterocycles. The highest BCUT2D eigenvalue weighted by Gasteiger charge is 2.39. The standard InChI is InChI=1S/C17H17N3O5/c1-10(2)9-19-14(21)8-7-13(18-19)17(24)25-20-15(22)11-5-3-4-6-12(11)16(20)23/h3-6,10H,7-9H2,1-2H3. The summed E-state index contributed by atoms with van der Waals surface area (Å²) in [5.41, 5.74) is 0.377. The molecule has 0 bridgehead atoms. The highest BCUT2D eigenvalue weighted by atomic mass is 16.7. The second kappa shape index (κ2) is 6.46. The minimum absolute atomic E-state index is 0.0109. The number of hydroxylamine groups is 2. The second-order valence-corrected chi connectivity index (χ2v) is 6.25. The Morgan fingerprint density at radius 3 is 2.28 bits per heavy atom. The zero-order chi connectivity index (χ0) is 18.1. The monoisotopic (exact) mass is 343 g/mol. The molecule has 0 radical (unpaired) electrons. The fourth-order valence-electron chi connectivity index (χ4n) is 2.62. The van der Waals surface area contributed by atoms with Crippen LogP contribution in [0.25, 0.3) is 0 Å². The maximum atomic E-state index is 12.3. The molecule has 0 N–H and O–H groups in total. The van der Waals surface area contributed by atoms with Crippen molar-refractivity contribution in [3.63, 3.8) is 0 Å². The SMILES string of the molecule is CC(C)CN1N=C(C(=O)ON2C(=O)c3ccccc3C2=O)CCC1=O. The van der Waals surface area contributed by atoms with Gasteiger partial charge >= 0.3 is 5.97 Å². The number of rotatable bonds is 4. The maximum Gasteiger partial charge on any atom is 0.379 e. The summed E-state index contributed by atoms with van der Waals surface area (Å²) in [5, 5.41) is 5.69. The lowest BCUT2D eigenvalue weighted by Gasteiger charge is -2.24. The van der Waals surface area contributed by atoms with Crippen molar-refractivity contribution in [2.45, 2.75) is 26.7 Å². The van der Waals surface area contributed by atoms with Gasteiger partial charge in [-0.1, -0.05) is 31.0 Å². The first-order valence-electron chi connectivity index (χ1n) is 7.96. The zero-order valence-electron chi connectivity index (χ0n) is 13.9. The Kier molecular flexibility index (Phi) is 4.35. The zero-order valence-corrected chi connectivity index (χ0v) is 13.9. The van der Waals surface area contributed by atoms with Gasteiger partial charge in [-0.2, -0.15) is 5.10 Å². The largest absolute Gasteiger partial charge is 0.379 e. The predicted octanol–water partition coefficient (Wildman–Crippen LogP) is 1.38. The van der Waals surface area contributed by atoms with Gasteiger partial charge in [-0.05, 0) is 18.1 Å². The Bertz CT molecular complexity index is 764. The van der Waals surface area contributed by atoms with E-state index in [4.69, 9.17) is 4.84 Å². The lowest BCUT2D eigenvalue weighted by Crippen LogP contribution is -2.40. The molecule has 130 valence electrons. The van der Waals surface area contributed by atoms with E-state index in [1.165, 1.54) is 17.1 Å². The van der Waals surface area contributed by atoms with Gasteiger partial charge in [-0.15, -0.1) is 0 Å². The number of hydrogen-bond acceptors (Lipinski definition) is 6. The number of fused-ring (bicyclic) bond motifs is 1. The van der Waals surface area contributed by atoms with Crippen LogP contribution in [0.3, 0.4) is 0 Å². The van der Waals surface area contributed by atoms with Crippen molar-refractivity contribution in [2.24, 2.45) is 11.0 Å². The maximum absolute atomic E-state index is 12.3. The van der Waals surface area contributed by atoms with Crippen LogP contribution in [0.15, 0.2) is 29.4 Å². The third-order valence-corrected chi connectivity index (χ3v) is 3.81. The summed E-state index contributed by atoms with van der Waals surface area (Å²) in [4.78, 5) is 53.5. The Labute approximate surface area is 144 Å². The Balaban J connectivity index is 1.76. The van der Waals surface area contributed by atoms with E-state index >= 15 is 0 Å². The number of carbonyl (C=O) groups excluding carboxylic acids is 4. The number of hydrazone groups is 1. The van der Waals surface area contributed by atoms with Crippen molar-refractivity contribution in [3.05, 3.63) is 35.4 Å². The van der Waals surface area contributed by atoms with Crippen LogP contribution in [0.2, 0.25) is 0 Å². The van der Waals surface area contributed by atoms with E-state index in [9.17, 15) is 19.2 Å². The van der Waals surface area contributed by atoms with Crippen LogP contribution in [-0.4, -0.2) is 46.0 Å². The van der Waals surface area contributed by atoms with E-state index < -0.39 is 17.8 Å². The van der Waals surface area contributed by atoms with Crippen molar-refractivity contribution in [1.82, 2.24) is 10.1 Å². The van der Waals surface area contributed by atoms with Crippen molar-refractivity contribution in [3.8, 4) is 0 Å². The van der Waals surface area contributed by atoms with Gasteiger partial charge in [0.15, 0.2) is 0 Å². The van der Waals surface area contributed by atoms with E-state index in [1.54, 1.807) is 12.1 Å². The smallest absolute Gasteiger partial charge is 0.323 e. The summed E-state index contributed by atoms with van der Waals surface area (Å²) in [7, 11) is 0. The molecular weight excluding hydrogens is 326 g/mol. The molecule has 0 spiro atoms. The van der Waals surface area contributed by atoms with Crippen molar-refractivity contribution in [2.75, 3.05) is 6.54 Å². The quantitative estimate of drug-likeness (QED) is 0.770. The van der Waals surface area contributed by atoms with Crippen molar-refractivity contribution >= 4 is 29.4 Å². The van der Waals surface area contributed by atoms with Gasteiger partial charge < -0.3 is 4.84 Å². The van der Waals surface area contributed by atoms with Gasteiger partial charge in [-0.25, -0.2) is 9.80 Å². The first kappa shape index (κ1) is 16.8. The van der Waals surface area contributed by atoms with E-state index in [0.29, 0.717) is 11.6 Å². The molecule has 25 heavy (non-hydrogen) atoms. The molecule has 3 rings (SSSR count). The average Bonchev–Trinajstić information content (AvgIpc) is 2.82. The lowest BCUT2D eigenvalue weighted by molar-refractivity contribution is -0.160. The molecule has 1 aromatic rings. The summed E-state index contributed by atoms with van der Waals surface area (Å²) in [6.45, 7) is 4.23. The molecule has 3 amide bonds. The number of amides is 3. The van der Waals surface area contributed by atoms with Crippen LogP contribution in [0, 0.1) is 5.92 Å². The fraction of sp³-hybridized carbons (Fsp3) is 0.353. The van der Waals surface area contributed by atoms with Crippen LogP contribution in [0.4, 0.5) is 0 Å². The molecule has 0 aliphatic carbocycles. The van der Waals surface area contributed by atoms with Crippen molar-refractivity contribution < 1.29 is 24.0 Å². The summed E-state index contributed by atoms with van der Waals surface area (Å²) in [6, 6.07) is 6.22. The minimum atomic E-state index is -0.907. The van der Waals surface area contributed by atoms with Gasteiger partial charge in [0, 0.05) is 19.4 Å². The highest BCUT2D eigenvalue weighted by molar-refractivity contribution is 6.37. The molecule has 2 aliphatic rings. The Morgan fingerprint density at radius 1 is 1.12 bits per heavy atom. The molecule has 8 heteroatoms. The summed E-state index contributed by atoms with van der Waals surface area (Å²) in [6.07, 6.45) is 0.234. The highest BCUT2D eigenvalue weighted by Crippen LogP contribution is 2.23. The first-order chi connectivity index (χ1) is 11.9. The fourth-order valence-corrected chi connectivity index (χ4v) is 2.62. The molecule has 0 saturated heterocycles. The summed E-state index contributed by atoms with van der Waals surface area (Å²) >= 11 is 0. The van der Waals surface area contributed by atoms with Crippen LogP contribution < -0.4 is 0 Å². The Hall–Kier alpha value is -3.03. The number of nitrogens with zero attached hydrogens (tertiary/aromatic N) is 3. The molecule has 0 atom stereocenters. The Morgan fingerprint density at radius 2 is 1.72 bits per heavy atom. The summed E-state index contributed by atoms with van der Waals surface area (Å²) < 4.78 is 0. The number of benzene rings is 1. The second-order valence-electron chi connectivity index (χ2n) is 6.25. The minimum Gasteiger partial charge on any atom is -0.323 e. The van der Waals surface area contributed by atoms with E-state index in [1.807, 2.05) is 13.8 Å². The molecule has 1 aromatic carbocycles.